The maximum absolute atomic E-state index is 12.4. The molecule has 172 valence electrons. The van der Waals surface area contributed by atoms with Crippen LogP contribution in [0.25, 0.3) is 16.7 Å². The molecule has 1 unspecified atom stereocenters. The molecule has 0 saturated carbocycles. The van der Waals surface area contributed by atoms with Crippen LogP contribution in [-0.2, 0) is 20.7 Å². The molecular formula is C22H28ClN5O4. The molecule has 0 amide bonds. The number of Topliss-reactive ketones (excluding diaryl/α,β-unsaturated/α-hetero) is 1. The molecule has 2 atom stereocenters. The second-order valence-electron chi connectivity index (χ2n) is 7.43. The number of aromatic hydroxyl groups is 1. The fourth-order valence-electron chi connectivity index (χ4n) is 3.29. The number of methoxy groups -OCH3 is 1. The van der Waals surface area contributed by atoms with Crippen molar-refractivity contribution in [2.24, 2.45) is 11.5 Å². The van der Waals surface area contributed by atoms with E-state index < -0.39 is 18.1 Å². The Bertz CT molecular complexity index is 1040. The molecule has 0 radical (unpaired) electrons. The lowest BCUT2D eigenvalue weighted by molar-refractivity contribution is -0.142. The Morgan fingerprint density at radius 2 is 1.69 bits per heavy atom. The quantitative estimate of drug-likeness (QED) is 0.389. The predicted molar refractivity (Wildman–Crippen MR) is 123 cm³/mol. The zero-order valence-corrected chi connectivity index (χ0v) is 18.6. The molecule has 3 aromatic rings. The number of rotatable bonds is 10. The Kier molecular flexibility index (Phi) is 9.13. The number of aromatic nitrogens is 3. The van der Waals surface area contributed by atoms with Gasteiger partial charge in [0.15, 0.2) is 0 Å². The number of benzene rings is 2. The van der Waals surface area contributed by atoms with Crippen molar-refractivity contribution in [3.05, 3.63) is 48.0 Å². The highest BCUT2D eigenvalue weighted by molar-refractivity contribution is 5.85. The number of fused-ring (bicyclic) bond motifs is 1. The van der Waals surface area contributed by atoms with Gasteiger partial charge < -0.3 is 21.3 Å². The normalized spacial score (nSPS) is 12.7. The standard InChI is InChI=1S/C22H27N5O4.ClH/c1-31-22(30)16(24)6-4-5-15(23)20(28)11-9-14-10-12-21(29)19(13-14)27-25-17-7-2-3-8-18(17)26-27;/h2-3,7-8,10,12-13,15-16,29H,4-6,9,11,23-24H2,1H3;1H/t15?,16-;/m0./s1. The Labute approximate surface area is 192 Å². The summed E-state index contributed by atoms with van der Waals surface area (Å²) in [5, 5.41) is 19.0. The van der Waals surface area contributed by atoms with Crippen molar-refractivity contribution < 1.29 is 19.4 Å². The molecule has 2 aromatic carbocycles. The first-order chi connectivity index (χ1) is 14.9. The third kappa shape index (κ3) is 6.25. The molecule has 0 aliphatic carbocycles. The maximum Gasteiger partial charge on any atom is 0.322 e. The van der Waals surface area contributed by atoms with E-state index in [4.69, 9.17) is 11.5 Å². The third-order valence-electron chi connectivity index (χ3n) is 5.15. The van der Waals surface area contributed by atoms with Gasteiger partial charge in [0.1, 0.15) is 34.3 Å². The second-order valence-corrected chi connectivity index (χ2v) is 7.43. The summed E-state index contributed by atoms with van der Waals surface area (Å²) in [6.07, 6.45) is 2.17. The van der Waals surface area contributed by atoms with Crippen molar-refractivity contribution in [2.75, 3.05) is 7.11 Å². The molecule has 0 fully saturated rings. The van der Waals surface area contributed by atoms with Gasteiger partial charge in [-0.25, -0.2) is 0 Å². The summed E-state index contributed by atoms with van der Waals surface area (Å²) in [6.45, 7) is 0. The molecular weight excluding hydrogens is 434 g/mol. The lowest BCUT2D eigenvalue weighted by atomic mass is 9.99. The van der Waals surface area contributed by atoms with Crippen LogP contribution in [0.3, 0.4) is 0 Å². The second kappa shape index (κ2) is 11.6. The molecule has 0 aliphatic rings. The summed E-state index contributed by atoms with van der Waals surface area (Å²) in [5.41, 5.74) is 14.4. The number of ketones is 1. The molecule has 10 heteroatoms. The minimum absolute atomic E-state index is 0. The van der Waals surface area contributed by atoms with Crippen LogP contribution in [0.4, 0.5) is 0 Å². The Morgan fingerprint density at radius 3 is 2.31 bits per heavy atom. The van der Waals surface area contributed by atoms with Crippen molar-refractivity contribution >= 4 is 35.2 Å². The molecule has 0 saturated heterocycles. The van der Waals surface area contributed by atoms with Gasteiger partial charge in [0.05, 0.1) is 13.2 Å². The molecule has 0 aliphatic heterocycles. The number of aryl methyl sites for hydroxylation is 1. The highest BCUT2D eigenvalue weighted by atomic mass is 35.5. The number of carbonyl (C=O) groups excluding carboxylic acids is 2. The van der Waals surface area contributed by atoms with Gasteiger partial charge >= 0.3 is 5.97 Å². The van der Waals surface area contributed by atoms with E-state index in [1.54, 1.807) is 18.2 Å². The van der Waals surface area contributed by atoms with Gasteiger partial charge in [-0.3, -0.25) is 9.59 Å². The third-order valence-corrected chi connectivity index (χ3v) is 5.15. The summed E-state index contributed by atoms with van der Waals surface area (Å²) >= 11 is 0. The van der Waals surface area contributed by atoms with Crippen molar-refractivity contribution in [2.45, 2.75) is 44.2 Å². The van der Waals surface area contributed by atoms with E-state index in [9.17, 15) is 14.7 Å². The minimum atomic E-state index is -0.699. The largest absolute Gasteiger partial charge is 0.506 e. The zero-order chi connectivity index (χ0) is 22.4. The van der Waals surface area contributed by atoms with E-state index in [0.29, 0.717) is 31.4 Å². The highest BCUT2D eigenvalue weighted by Gasteiger charge is 2.17. The first-order valence-electron chi connectivity index (χ1n) is 10.1. The van der Waals surface area contributed by atoms with Gasteiger partial charge in [-0.15, -0.1) is 27.4 Å². The van der Waals surface area contributed by atoms with Crippen LogP contribution in [0, 0.1) is 0 Å². The van der Waals surface area contributed by atoms with Crippen molar-refractivity contribution in [3.63, 3.8) is 0 Å². The number of nitrogens with two attached hydrogens (primary N) is 2. The molecule has 1 aromatic heterocycles. The molecule has 3 rings (SSSR count). The molecule has 5 N–H and O–H groups in total. The average molecular weight is 462 g/mol. The van der Waals surface area contributed by atoms with E-state index in [0.717, 1.165) is 16.6 Å². The van der Waals surface area contributed by atoms with Crippen molar-refractivity contribution in [3.8, 4) is 11.4 Å². The molecule has 9 nitrogen and oxygen atoms in total. The zero-order valence-electron chi connectivity index (χ0n) is 17.8. The predicted octanol–water partition coefficient (Wildman–Crippen LogP) is 2.05. The monoisotopic (exact) mass is 461 g/mol. The number of phenolic OH excluding ortho intramolecular Hbond substituents is 1. The van der Waals surface area contributed by atoms with Crippen LogP contribution in [0.15, 0.2) is 42.5 Å². The lowest BCUT2D eigenvalue weighted by Gasteiger charge is -2.13. The van der Waals surface area contributed by atoms with E-state index in [1.807, 2.05) is 24.3 Å². The number of phenols is 1. The van der Waals surface area contributed by atoms with Crippen LogP contribution >= 0.6 is 12.4 Å². The van der Waals surface area contributed by atoms with Crippen molar-refractivity contribution in [1.82, 2.24) is 15.0 Å². The number of nitrogens with zero attached hydrogens (tertiary/aromatic N) is 3. The molecule has 0 bridgehead atoms. The number of hydrogen-bond acceptors (Lipinski definition) is 8. The van der Waals surface area contributed by atoms with E-state index in [-0.39, 0.29) is 30.4 Å². The van der Waals surface area contributed by atoms with Gasteiger partial charge in [0.2, 0.25) is 0 Å². The Balaban J connectivity index is 0.00000363. The Morgan fingerprint density at radius 1 is 1.06 bits per heavy atom. The lowest BCUT2D eigenvalue weighted by Crippen LogP contribution is -2.34. The topological polar surface area (TPSA) is 146 Å². The van der Waals surface area contributed by atoms with Crippen LogP contribution in [-0.4, -0.2) is 51.0 Å². The minimum Gasteiger partial charge on any atom is -0.506 e. The van der Waals surface area contributed by atoms with Crippen LogP contribution < -0.4 is 11.5 Å². The first kappa shape index (κ1) is 25.3. The molecule has 0 spiro atoms. The van der Waals surface area contributed by atoms with Gasteiger partial charge in [-0.05, 0) is 55.5 Å². The maximum atomic E-state index is 12.4. The number of hydrogen-bond donors (Lipinski definition) is 3. The smallest absolute Gasteiger partial charge is 0.322 e. The molecule has 1 heterocycles. The number of carbonyl (C=O) groups is 2. The summed E-state index contributed by atoms with van der Waals surface area (Å²) in [4.78, 5) is 25.1. The van der Waals surface area contributed by atoms with Gasteiger partial charge in [0.25, 0.3) is 0 Å². The van der Waals surface area contributed by atoms with Crippen LogP contribution in [0.1, 0.15) is 31.2 Å². The van der Waals surface area contributed by atoms with Crippen LogP contribution in [0.5, 0.6) is 5.75 Å². The summed E-state index contributed by atoms with van der Waals surface area (Å²) < 4.78 is 4.58. The van der Waals surface area contributed by atoms with E-state index in [2.05, 4.69) is 14.9 Å². The van der Waals surface area contributed by atoms with Gasteiger partial charge in [-0.2, -0.15) is 0 Å². The van der Waals surface area contributed by atoms with Crippen molar-refractivity contribution in [1.29, 1.82) is 0 Å². The van der Waals surface area contributed by atoms with Crippen LogP contribution in [0.2, 0.25) is 0 Å². The van der Waals surface area contributed by atoms with Gasteiger partial charge in [-0.1, -0.05) is 18.2 Å². The fourth-order valence-corrected chi connectivity index (χ4v) is 3.29. The average Bonchev–Trinajstić information content (AvgIpc) is 3.21. The Hall–Kier alpha value is -3.01. The summed E-state index contributed by atoms with van der Waals surface area (Å²) in [5.74, 6) is -0.485. The fraction of sp³-hybridized carbons (Fsp3) is 0.364. The van der Waals surface area contributed by atoms with Gasteiger partial charge in [0, 0.05) is 6.42 Å². The number of halogens is 1. The highest BCUT2D eigenvalue weighted by Crippen LogP contribution is 2.24. The number of esters is 1. The summed E-state index contributed by atoms with van der Waals surface area (Å²) in [6, 6.07) is 11.2. The first-order valence-corrected chi connectivity index (χ1v) is 10.1. The molecule has 32 heavy (non-hydrogen) atoms. The number of ether oxygens (including phenoxy) is 1. The SMILES string of the molecule is COC(=O)[C@@H](N)CCCC(N)C(=O)CCc1ccc(O)c(-n2nc3ccccc3n2)c1.Cl. The summed E-state index contributed by atoms with van der Waals surface area (Å²) in [7, 11) is 1.29. The van der Waals surface area contributed by atoms with E-state index >= 15 is 0 Å². The van der Waals surface area contributed by atoms with E-state index in [1.165, 1.54) is 11.9 Å².